The third-order valence-corrected chi connectivity index (χ3v) is 3.68. The van der Waals surface area contributed by atoms with Gasteiger partial charge in [-0.15, -0.1) is 0 Å². The van der Waals surface area contributed by atoms with Crippen molar-refractivity contribution in [2.75, 3.05) is 33.7 Å². The standard InChI is InChI=1S/C15H21N3O2/c1-17(2)13-8-9-18(11-13)14(19)10-16-15(20)12-6-4-3-5-7-12/h3-7,13H,8-11H2,1-2H3,(H,16,20). The monoisotopic (exact) mass is 275 g/mol. The summed E-state index contributed by atoms with van der Waals surface area (Å²) in [5, 5.41) is 2.68. The molecule has 1 N–H and O–H groups in total. The van der Waals surface area contributed by atoms with E-state index in [-0.39, 0.29) is 18.4 Å². The molecule has 5 nitrogen and oxygen atoms in total. The maximum absolute atomic E-state index is 12.0. The minimum absolute atomic E-state index is 0.0152. The van der Waals surface area contributed by atoms with Gasteiger partial charge in [-0.2, -0.15) is 0 Å². The van der Waals surface area contributed by atoms with Gasteiger partial charge in [0.25, 0.3) is 5.91 Å². The van der Waals surface area contributed by atoms with Crippen LogP contribution in [0.15, 0.2) is 30.3 Å². The van der Waals surface area contributed by atoms with E-state index in [4.69, 9.17) is 0 Å². The van der Waals surface area contributed by atoms with Crippen LogP contribution in [-0.4, -0.2) is 61.4 Å². The van der Waals surface area contributed by atoms with E-state index >= 15 is 0 Å². The van der Waals surface area contributed by atoms with Crippen LogP contribution < -0.4 is 5.32 Å². The average Bonchev–Trinajstić information content (AvgIpc) is 2.95. The number of likely N-dealkylation sites (N-methyl/N-ethyl adjacent to an activating group) is 1. The Bertz CT molecular complexity index is 473. The van der Waals surface area contributed by atoms with Crippen molar-refractivity contribution in [3.05, 3.63) is 35.9 Å². The molecule has 1 fully saturated rings. The molecule has 5 heteroatoms. The smallest absolute Gasteiger partial charge is 0.251 e. The zero-order chi connectivity index (χ0) is 14.5. The van der Waals surface area contributed by atoms with E-state index in [1.165, 1.54) is 0 Å². The summed E-state index contributed by atoms with van der Waals surface area (Å²) in [6, 6.07) is 9.35. The molecule has 2 amide bonds. The Morgan fingerprint density at radius 3 is 2.60 bits per heavy atom. The van der Waals surface area contributed by atoms with Crippen molar-refractivity contribution in [2.24, 2.45) is 0 Å². The van der Waals surface area contributed by atoms with Crippen LogP contribution in [0.3, 0.4) is 0 Å². The van der Waals surface area contributed by atoms with Gasteiger partial charge in [0.1, 0.15) is 0 Å². The van der Waals surface area contributed by atoms with Gasteiger partial charge in [-0.1, -0.05) is 18.2 Å². The Labute approximate surface area is 119 Å². The lowest BCUT2D eigenvalue weighted by molar-refractivity contribution is -0.129. The molecule has 1 unspecified atom stereocenters. The summed E-state index contributed by atoms with van der Waals surface area (Å²) >= 11 is 0. The molecule has 0 radical (unpaired) electrons. The molecule has 0 aliphatic carbocycles. The van der Waals surface area contributed by atoms with Gasteiger partial charge in [0.2, 0.25) is 5.91 Å². The van der Waals surface area contributed by atoms with Crippen LogP contribution in [0.1, 0.15) is 16.8 Å². The lowest BCUT2D eigenvalue weighted by atomic mass is 10.2. The number of hydrogen-bond acceptors (Lipinski definition) is 3. The quantitative estimate of drug-likeness (QED) is 0.874. The first-order chi connectivity index (χ1) is 9.58. The summed E-state index contributed by atoms with van der Waals surface area (Å²) in [6.45, 7) is 1.57. The van der Waals surface area contributed by atoms with Gasteiger partial charge in [-0.05, 0) is 32.6 Å². The largest absolute Gasteiger partial charge is 0.343 e. The number of carbonyl (C=O) groups is 2. The van der Waals surface area contributed by atoms with Crippen molar-refractivity contribution in [1.82, 2.24) is 15.1 Å². The first kappa shape index (κ1) is 14.5. The number of amides is 2. The molecule has 1 atom stereocenters. The van der Waals surface area contributed by atoms with Crippen molar-refractivity contribution >= 4 is 11.8 Å². The predicted octanol–water partition coefficient (Wildman–Crippen LogP) is 0.579. The fraction of sp³-hybridized carbons (Fsp3) is 0.467. The second-order valence-electron chi connectivity index (χ2n) is 5.29. The zero-order valence-electron chi connectivity index (χ0n) is 12.0. The molecule has 0 aromatic heterocycles. The van der Waals surface area contributed by atoms with Crippen molar-refractivity contribution in [3.63, 3.8) is 0 Å². The number of rotatable bonds is 4. The summed E-state index contributed by atoms with van der Waals surface area (Å²) in [5.41, 5.74) is 0.577. The van der Waals surface area contributed by atoms with Crippen LogP contribution in [0.4, 0.5) is 0 Å². The maximum atomic E-state index is 12.0. The lowest BCUT2D eigenvalue weighted by Crippen LogP contribution is -2.40. The molecule has 0 bridgehead atoms. The first-order valence-corrected chi connectivity index (χ1v) is 6.85. The molecular weight excluding hydrogens is 254 g/mol. The second kappa shape index (κ2) is 6.52. The number of hydrogen-bond donors (Lipinski definition) is 1. The average molecular weight is 275 g/mol. The Morgan fingerprint density at radius 2 is 2.00 bits per heavy atom. The molecular formula is C15H21N3O2. The Balaban J connectivity index is 1.80. The van der Waals surface area contributed by atoms with Crippen LogP contribution in [-0.2, 0) is 4.79 Å². The fourth-order valence-electron chi connectivity index (χ4n) is 2.35. The molecule has 1 aromatic carbocycles. The first-order valence-electron chi connectivity index (χ1n) is 6.85. The van der Waals surface area contributed by atoms with E-state index in [9.17, 15) is 9.59 Å². The number of likely N-dealkylation sites (tertiary alicyclic amines) is 1. The Kier molecular flexibility index (Phi) is 4.74. The highest BCUT2D eigenvalue weighted by atomic mass is 16.2. The molecule has 0 saturated carbocycles. The Morgan fingerprint density at radius 1 is 1.30 bits per heavy atom. The highest BCUT2D eigenvalue weighted by molar-refractivity contribution is 5.96. The normalized spacial score (nSPS) is 18.4. The Hall–Kier alpha value is -1.88. The summed E-state index contributed by atoms with van der Waals surface area (Å²) in [7, 11) is 4.05. The molecule has 1 aromatic rings. The number of nitrogens with zero attached hydrogens (tertiary/aromatic N) is 2. The topological polar surface area (TPSA) is 52.6 Å². The van der Waals surface area contributed by atoms with Crippen molar-refractivity contribution in [1.29, 1.82) is 0 Å². The van der Waals surface area contributed by atoms with Crippen LogP contribution >= 0.6 is 0 Å². The van der Waals surface area contributed by atoms with E-state index < -0.39 is 0 Å². The highest BCUT2D eigenvalue weighted by Gasteiger charge is 2.27. The van der Waals surface area contributed by atoms with Crippen LogP contribution in [0.2, 0.25) is 0 Å². The zero-order valence-corrected chi connectivity index (χ0v) is 12.0. The van der Waals surface area contributed by atoms with Gasteiger partial charge < -0.3 is 15.1 Å². The molecule has 1 saturated heterocycles. The molecule has 2 rings (SSSR count). The molecule has 20 heavy (non-hydrogen) atoms. The molecule has 108 valence electrons. The van der Waals surface area contributed by atoms with E-state index in [2.05, 4.69) is 10.2 Å². The SMILES string of the molecule is CN(C)C1CCN(C(=O)CNC(=O)c2ccccc2)C1. The van der Waals surface area contributed by atoms with Crippen LogP contribution in [0.5, 0.6) is 0 Å². The van der Waals surface area contributed by atoms with Gasteiger partial charge in [0.15, 0.2) is 0 Å². The van der Waals surface area contributed by atoms with E-state index in [0.717, 1.165) is 19.5 Å². The number of benzene rings is 1. The number of carbonyl (C=O) groups excluding carboxylic acids is 2. The van der Waals surface area contributed by atoms with Crippen LogP contribution in [0.25, 0.3) is 0 Å². The third-order valence-electron chi connectivity index (χ3n) is 3.68. The highest BCUT2D eigenvalue weighted by Crippen LogP contribution is 2.12. The van der Waals surface area contributed by atoms with Crippen molar-refractivity contribution in [2.45, 2.75) is 12.5 Å². The summed E-state index contributed by atoms with van der Waals surface area (Å²) in [6.07, 6.45) is 0.991. The number of nitrogens with one attached hydrogen (secondary N) is 1. The van der Waals surface area contributed by atoms with Gasteiger partial charge in [-0.3, -0.25) is 9.59 Å². The third kappa shape index (κ3) is 3.57. The van der Waals surface area contributed by atoms with E-state index in [0.29, 0.717) is 11.6 Å². The summed E-state index contributed by atoms with van der Waals surface area (Å²) in [5.74, 6) is -0.221. The maximum Gasteiger partial charge on any atom is 0.251 e. The fourth-order valence-corrected chi connectivity index (χ4v) is 2.35. The lowest BCUT2D eigenvalue weighted by Gasteiger charge is -2.20. The molecule has 0 spiro atoms. The van der Waals surface area contributed by atoms with Gasteiger partial charge in [0, 0.05) is 24.7 Å². The summed E-state index contributed by atoms with van der Waals surface area (Å²) in [4.78, 5) is 27.8. The molecule has 1 aliphatic heterocycles. The van der Waals surface area contributed by atoms with Crippen molar-refractivity contribution < 1.29 is 9.59 Å². The van der Waals surface area contributed by atoms with Gasteiger partial charge in [-0.25, -0.2) is 0 Å². The van der Waals surface area contributed by atoms with E-state index in [1.807, 2.05) is 25.1 Å². The minimum atomic E-state index is -0.206. The predicted molar refractivity (Wildman–Crippen MR) is 77.4 cm³/mol. The minimum Gasteiger partial charge on any atom is -0.343 e. The van der Waals surface area contributed by atoms with Gasteiger partial charge in [0.05, 0.1) is 6.54 Å². The molecule has 1 heterocycles. The van der Waals surface area contributed by atoms with E-state index in [1.54, 1.807) is 24.3 Å². The summed E-state index contributed by atoms with van der Waals surface area (Å²) < 4.78 is 0. The van der Waals surface area contributed by atoms with Gasteiger partial charge >= 0.3 is 0 Å². The van der Waals surface area contributed by atoms with Crippen molar-refractivity contribution in [3.8, 4) is 0 Å². The second-order valence-corrected chi connectivity index (χ2v) is 5.29. The van der Waals surface area contributed by atoms with Crippen LogP contribution in [0, 0.1) is 0 Å². The molecule has 1 aliphatic rings.